The van der Waals surface area contributed by atoms with E-state index in [9.17, 15) is 14.0 Å². The molecular formula is C21H29FN2O2. The fraction of sp³-hybridized carbons (Fsp3) is 0.619. The zero-order valence-electron chi connectivity index (χ0n) is 15.8. The Balaban J connectivity index is 1.47. The molecule has 4 nitrogen and oxygen atoms in total. The lowest BCUT2D eigenvalue weighted by molar-refractivity contribution is -0.140. The molecule has 0 bridgehead atoms. The van der Waals surface area contributed by atoms with Gasteiger partial charge in [-0.15, -0.1) is 0 Å². The molecule has 1 heterocycles. The lowest BCUT2D eigenvalue weighted by Gasteiger charge is -2.33. The van der Waals surface area contributed by atoms with Gasteiger partial charge in [-0.1, -0.05) is 25.5 Å². The minimum Gasteiger partial charge on any atom is -0.346 e. The monoisotopic (exact) mass is 360 g/mol. The highest BCUT2D eigenvalue weighted by Gasteiger charge is 2.46. The summed E-state index contributed by atoms with van der Waals surface area (Å²) in [5.41, 5.74) is 1.05. The third kappa shape index (κ3) is 4.25. The summed E-state index contributed by atoms with van der Waals surface area (Å²) in [6.45, 7) is 4.28. The van der Waals surface area contributed by atoms with Gasteiger partial charge in [0.1, 0.15) is 5.82 Å². The quantitative estimate of drug-likeness (QED) is 0.780. The standard InChI is InChI=1S/C21H29FN2O2/c1-3-4-11-23(2)20(25)16-9-12-24(13-10-16)21(26)19-14-18(19)15-5-7-17(22)8-6-15/h5-8,16,18-19H,3-4,9-14H2,1-2H3. The van der Waals surface area contributed by atoms with Crippen LogP contribution in [0.1, 0.15) is 50.5 Å². The molecule has 1 saturated heterocycles. The zero-order chi connectivity index (χ0) is 18.7. The largest absolute Gasteiger partial charge is 0.346 e. The molecule has 1 saturated carbocycles. The molecule has 2 unspecified atom stereocenters. The van der Waals surface area contributed by atoms with Gasteiger partial charge >= 0.3 is 0 Å². The molecular weight excluding hydrogens is 331 g/mol. The number of unbranched alkanes of at least 4 members (excludes halogenated alkanes) is 1. The Morgan fingerprint density at radius 3 is 2.46 bits per heavy atom. The van der Waals surface area contributed by atoms with Crippen LogP contribution in [0.3, 0.4) is 0 Å². The molecule has 5 heteroatoms. The van der Waals surface area contributed by atoms with Crippen LogP contribution in [0.4, 0.5) is 4.39 Å². The van der Waals surface area contributed by atoms with E-state index in [0.717, 1.165) is 44.2 Å². The fourth-order valence-electron chi connectivity index (χ4n) is 3.94. The third-order valence-electron chi connectivity index (χ3n) is 5.78. The van der Waals surface area contributed by atoms with Gasteiger partial charge < -0.3 is 9.80 Å². The second kappa shape index (κ2) is 8.19. The Morgan fingerprint density at radius 2 is 1.85 bits per heavy atom. The van der Waals surface area contributed by atoms with Crippen molar-refractivity contribution < 1.29 is 14.0 Å². The number of amides is 2. The van der Waals surface area contributed by atoms with E-state index in [-0.39, 0.29) is 35.4 Å². The average molecular weight is 360 g/mol. The maximum atomic E-state index is 13.0. The van der Waals surface area contributed by atoms with Crippen molar-refractivity contribution in [1.29, 1.82) is 0 Å². The normalized spacial score (nSPS) is 23.0. The molecule has 3 rings (SSSR count). The topological polar surface area (TPSA) is 40.6 Å². The number of benzene rings is 1. The lowest BCUT2D eigenvalue weighted by atomic mass is 9.95. The van der Waals surface area contributed by atoms with Crippen molar-refractivity contribution in [1.82, 2.24) is 9.80 Å². The summed E-state index contributed by atoms with van der Waals surface area (Å²) in [6, 6.07) is 6.48. The molecule has 1 aromatic carbocycles. The van der Waals surface area contributed by atoms with Crippen LogP contribution in [0.5, 0.6) is 0 Å². The highest BCUT2D eigenvalue weighted by atomic mass is 19.1. The first kappa shape index (κ1) is 18.9. The Morgan fingerprint density at radius 1 is 1.19 bits per heavy atom. The highest BCUT2D eigenvalue weighted by molar-refractivity contribution is 5.84. The van der Waals surface area contributed by atoms with Crippen molar-refractivity contribution in [2.75, 3.05) is 26.7 Å². The SMILES string of the molecule is CCCCN(C)C(=O)C1CCN(C(=O)C2CC2c2ccc(F)cc2)CC1. The third-order valence-corrected chi connectivity index (χ3v) is 5.78. The average Bonchev–Trinajstić information content (AvgIpc) is 3.46. The maximum absolute atomic E-state index is 13.0. The molecule has 0 spiro atoms. The van der Waals surface area contributed by atoms with Crippen molar-refractivity contribution in [2.24, 2.45) is 11.8 Å². The lowest BCUT2D eigenvalue weighted by Crippen LogP contribution is -2.44. The van der Waals surface area contributed by atoms with Crippen LogP contribution in [0.25, 0.3) is 0 Å². The minimum absolute atomic E-state index is 0.0277. The van der Waals surface area contributed by atoms with Crippen LogP contribution in [-0.4, -0.2) is 48.3 Å². The number of hydrogen-bond donors (Lipinski definition) is 0. The summed E-state index contributed by atoms with van der Waals surface area (Å²) >= 11 is 0. The van der Waals surface area contributed by atoms with Gasteiger partial charge in [-0.25, -0.2) is 4.39 Å². The molecule has 0 aromatic heterocycles. The Labute approximate surface area is 155 Å². The summed E-state index contributed by atoms with van der Waals surface area (Å²) < 4.78 is 13.0. The molecule has 1 aliphatic carbocycles. The minimum atomic E-state index is -0.243. The number of rotatable bonds is 6. The summed E-state index contributed by atoms with van der Waals surface area (Å²) in [7, 11) is 1.88. The maximum Gasteiger partial charge on any atom is 0.226 e. The molecule has 0 radical (unpaired) electrons. The number of carbonyl (C=O) groups is 2. The molecule has 1 aliphatic heterocycles. The summed E-state index contributed by atoms with van der Waals surface area (Å²) in [5.74, 6) is 0.481. The number of likely N-dealkylation sites (tertiary alicyclic amines) is 1. The molecule has 0 N–H and O–H groups in total. The first-order valence-electron chi connectivity index (χ1n) is 9.80. The zero-order valence-corrected chi connectivity index (χ0v) is 15.8. The predicted molar refractivity (Wildman–Crippen MR) is 99.1 cm³/mol. The van der Waals surface area contributed by atoms with E-state index >= 15 is 0 Å². The molecule has 26 heavy (non-hydrogen) atoms. The van der Waals surface area contributed by atoms with Crippen LogP contribution < -0.4 is 0 Å². The number of piperidine rings is 1. The molecule has 142 valence electrons. The number of carbonyl (C=O) groups excluding carboxylic acids is 2. The van der Waals surface area contributed by atoms with Gasteiger partial charge in [-0.2, -0.15) is 0 Å². The predicted octanol–water partition coefficient (Wildman–Crippen LogP) is 3.43. The number of nitrogens with zero attached hydrogens (tertiary/aromatic N) is 2. The van der Waals surface area contributed by atoms with E-state index in [0.29, 0.717) is 13.1 Å². The molecule has 2 atom stereocenters. The van der Waals surface area contributed by atoms with Crippen LogP contribution >= 0.6 is 0 Å². The van der Waals surface area contributed by atoms with Gasteiger partial charge in [-0.3, -0.25) is 9.59 Å². The Bertz CT molecular complexity index is 638. The van der Waals surface area contributed by atoms with Gasteiger partial charge in [-0.05, 0) is 49.3 Å². The molecule has 2 amide bonds. The van der Waals surface area contributed by atoms with E-state index < -0.39 is 0 Å². The first-order valence-corrected chi connectivity index (χ1v) is 9.80. The van der Waals surface area contributed by atoms with Crippen molar-refractivity contribution in [2.45, 2.75) is 44.9 Å². The van der Waals surface area contributed by atoms with Crippen LogP contribution in [-0.2, 0) is 9.59 Å². The van der Waals surface area contributed by atoms with E-state index in [4.69, 9.17) is 0 Å². The molecule has 1 aromatic rings. The second-order valence-corrected chi connectivity index (χ2v) is 7.71. The van der Waals surface area contributed by atoms with E-state index in [1.165, 1.54) is 12.1 Å². The van der Waals surface area contributed by atoms with Crippen molar-refractivity contribution in [3.8, 4) is 0 Å². The summed E-state index contributed by atoms with van der Waals surface area (Å²) in [5, 5.41) is 0. The smallest absolute Gasteiger partial charge is 0.226 e. The Hall–Kier alpha value is -1.91. The van der Waals surface area contributed by atoms with Gasteiger partial charge in [0.15, 0.2) is 0 Å². The van der Waals surface area contributed by atoms with Gasteiger partial charge in [0, 0.05) is 38.5 Å². The van der Waals surface area contributed by atoms with Crippen molar-refractivity contribution in [3.63, 3.8) is 0 Å². The fourth-order valence-corrected chi connectivity index (χ4v) is 3.94. The van der Waals surface area contributed by atoms with E-state index in [1.54, 1.807) is 12.1 Å². The van der Waals surface area contributed by atoms with Gasteiger partial charge in [0.05, 0.1) is 0 Å². The van der Waals surface area contributed by atoms with E-state index in [2.05, 4.69) is 6.92 Å². The van der Waals surface area contributed by atoms with Crippen molar-refractivity contribution >= 4 is 11.8 Å². The van der Waals surface area contributed by atoms with Gasteiger partial charge in [0.2, 0.25) is 11.8 Å². The molecule has 2 aliphatic rings. The van der Waals surface area contributed by atoms with Gasteiger partial charge in [0.25, 0.3) is 0 Å². The number of halogens is 1. The summed E-state index contributed by atoms with van der Waals surface area (Å²) in [6.07, 6.45) is 4.49. The van der Waals surface area contributed by atoms with Crippen LogP contribution in [0.2, 0.25) is 0 Å². The molecule has 2 fully saturated rings. The first-order chi connectivity index (χ1) is 12.5. The van der Waals surface area contributed by atoms with Crippen LogP contribution in [0.15, 0.2) is 24.3 Å². The second-order valence-electron chi connectivity index (χ2n) is 7.71. The van der Waals surface area contributed by atoms with Crippen LogP contribution in [0, 0.1) is 17.7 Å². The Kier molecular flexibility index (Phi) is 5.94. The summed E-state index contributed by atoms with van der Waals surface area (Å²) in [4.78, 5) is 29.0. The van der Waals surface area contributed by atoms with E-state index in [1.807, 2.05) is 16.8 Å². The highest BCUT2D eigenvalue weighted by Crippen LogP contribution is 2.48. The van der Waals surface area contributed by atoms with Crippen molar-refractivity contribution in [3.05, 3.63) is 35.6 Å². The number of hydrogen-bond acceptors (Lipinski definition) is 2.